The molecule has 0 saturated carbocycles. The van der Waals surface area contributed by atoms with E-state index in [1.165, 1.54) is 152 Å². The summed E-state index contributed by atoms with van der Waals surface area (Å²) >= 11 is 0. The first-order valence-electron chi connectivity index (χ1n) is 15.9. The van der Waals surface area contributed by atoms with Gasteiger partial charge in [-0.25, -0.2) is 0 Å². The average molecular weight is 630 g/mol. The fraction of sp³-hybridized carbons (Fsp3) is 0.667. The van der Waals surface area contributed by atoms with E-state index in [2.05, 4.69) is 74.5 Å². The number of aryl methyl sites for hydroxylation is 2. The summed E-state index contributed by atoms with van der Waals surface area (Å²) in [6, 6.07) is 21.8. The van der Waals surface area contributed by atoms with Crippen LogP contribution in [0.25, 0.3) is 0 Å². The first kappa shape index (κ1) is 37.0. The van der Waals surface area contributed by atoms with Crippen LogP contribution in [0.4, 0.5) is 0 Å². The van der Waals surface area contributed by atoms with Crippen LogP contribution in [-0.2, 0) is 12.8 Å². The van der Waals surface area contributed by atoms with Crippen molar-refractivity contribution in [3.63, 3.8) is 0 Å². The van der Waals surface area contributed by atoms with E-state index in [4.69, 9.17) is 0 Å². The Morgan fingerprint density at radius 1 is 0.324 bits per heavy atom. The first-order valence-corrected chi connectivity index (χ1v) is 15.9. The van der Waals surface area contributed by atoms with Gasteiger partial charge in [-0.15, -0.1) is 0 Å². The Labute approximate surface area is 273 Å². The second-order valence-electron chi connectivity index (χ2n) is 10.8. The maximum absolute atomic E-state index is 2.28. The molecule has 2 aromatic carbocycles. The minimum Gasteiger partial charge on any atom is -0.0654 e. The van der Waals surface area contributed by atoms with Gasteiger partial charge in [-0.05, 0) is 36.8 Å². The normalized spacial score (nSPS) is 10.4. The number of hydrogen-bond donors (Lipinski definition) is 0. The minimum absolute atomic E-state index is 0. The Hall–Kier alpha value is 0.0114. The van der Waals surface area contributed by atoms with E-state index < -0.39 is 0 Å². The molecule has 0 nitrogen and oxygen atoms in total. The van der Waals surface area contributed by atoms with Gasteiger partial charge in [0, 0.05) is 48.9 Å². The SMILES string of the molecule is CCCCCCCCCCCCc1ccccc1.CCCCCCCCCCCCc1ccccc1.[Ba]. The maximum Gasteiger partial charge on any atom is 0 e. The van der Waals surface area contributed by atoms with Crippen molar-refractivity contribution in [1.29, 1.82) is 0 Å². The summed E-state index contributed by atoms with van der Waals surface area (Å²) in [5.41, 5.74) is 2.99. The van der Waals surface area contributed by atoms with E-state index in [0.29, 0.717) is 0 Å². The Balaban J connectivity index is 0.000000682. The van der Waals surface area contributed by atoms with Gasteiger partial charge in [-0.1, -0.05) is 190 Å². The Kier molecular flexibility index (Phi) is 30.6. The van der Waals surface area contributed by atoms with Crippen LogP contribution in [0.2, 0.25) is 0 Å². The van der Waals surface area contributed by atoms with Crippen LogP contribution >= 0.6 is 0 Å². The molecule has 0 N–H and O–H groups in total. The first-order chi connectivity index (χ1) is 17.9. The van der Waals surface area contributed by atoms with Crippen molar-refractivity contribution in [3.8, 4) is 0 Å². The molecule has 0 aromatic heterocycles. The van der Waals surface area contributed by atoms with Crippen molar-refractivity contribution in [2.75, 3.05) is 0 Å². The van der Waals surface area contributed by atoms with Gasteiger partial charge < -0.3 is 0 Å². The monoisotopic (exact) mass is 630 g/mol. The van der Waals surface area contributed by atoms with Crippen LogP contribution < -0.4 is 0 Å². The molecule has 0 fully saturated rings. The predicted molar refractivity (Wildman–Crippen MR) is 170 cm³/mol. The number of unbranched alkanes of at least 4 members (excludes halogenated alkanes) is 18. The van der Waals surface area contributed by atoms with Crippen LogP contribution in [0.1, 0.15) is 153 Å². The Morgan fingerprint density at radius 3 is 0.838 bits per heavy atom. The fourth-order valence-corrected chi connectivity index (χ4v) is 4.92. The number of benzene rings is 2. The molecule has 2 rings (SSSR count). The molecular weight excluding hydrogens is 570 g/mol. The molecule has 0 atom stereocenters. The van der Waals surface area contributed by atoms with Crippen LogP contribution in [0.5, 0.6) is 0 Å². The van der Waals surface area contributed by atoms with E-state index in [-0.39, 0.29) is 48.9 Å². The summed E-state index contributed by atoms with van der Waals surface area (Å²) in [7, 11) is 0. The molecule has 0 unspecified atom stereocenters. The van der Waals surface area contributed by atoms with E-state index in [9.17, 15) is 0 Å². The molecule has 0 aliphatic rings. The zero-order valence-electron chi connectivity index (χ0n) is 25.0. The molecule has 0 aliphatic carbocycles. The summed E-state index contributed by atoms with van der Waals surface area (Å²) in [5.74, 6) is 0. The van der Waals surface area contributed by atoms with Crippen LogP contribution in [0, 0.1) is 0 Å². The minimum atomic E-state index is 0. The average Bonchev–Trinajstić information content (AvgIpc) is 2.92. The second kappa shape index (κ2) is 30.6. The van der Waals surface area contributed by atoms with Crippen LogP contribution in [0.15, 0.2) is 60.7 Å². The topological polar surface area (TPSA) is 0 Å². The van der Waals surface area contributed by atoms with Crippen molar-refractivity contribution in [2.45, 2.75) is 155 Å². The quantitative estimate of drug-likeness (QED) is 0.0898. The molecule has 0 spiro atoms. The second-order valence-corrected chi connectivity index (χ2v) is 10.8. The zero-order chi connectivity index (χ0) is 25.8. The fourth-order valence-electron chi connectivity index (χ4n) is 4.92. The molecule has 0 bridgehead atoms. The van der Waals surface area contributed by atoms with E-state index in [0.717, 1.165) is 0 Å². The maximum atomic E-state index is 2.28. The zero-order valence-corrected chi connectivity index (χ0v) is 29.5. The molecule has 0 saturated heterocycles. The molecule has 2 aromatic rings. The standard InChI is InChI=1S/2C18H30.Ba/c2*1-2-3-4-5-6-7-8-9-10-12-15-18-16-13-11-14-17-18;/h2*11,13-14,16-17H,2-10,12,15H2,1H3;. The van der Waals surface area contributed by atoms with Crippen molar-refractivity contribution < 1.29 is 0 Å². The van der Waals surface area contributed by atoms with Gasteiger partial charge in [0.2, 0.25) is 0 Å². The third-order valence-electron chi connectivity index (χ3n) is 7.32. The van der Waals surface area contributed by atoms with Crippen LogP contribution in [-0.4, -0.2) is 48.9 Å². The summed E-state index contributed by atoms with van der Waals surface area (Å²) in [6.45, 7) is 4.57. The number of hydrogen-bond acceptors (Lipinski definition) is 0. The van der Waals surface area contributed by atoms with Gasteiger partial charge in [0.05, 0.1) is 0 Å². The molecule has 0 aliphatic heterocycles. The van der Waals surface area contributed by atoms with Crippen molar-refractivity contribution in [3.05, 3.63) is 71.8 Å². The van der Waals surface area contributed by atoms with Crippen molar-refractivity contribution in [2.24, 2.45) is 0 Å². The van der Waals surface area contributed by atoms with Gasteiger partial charge in [0.25, 0.3) is 0 Å². The van der Waals surface area contributed by atoms with Gasteiger partial charge in [-0.2, -0.15) is 0 Å². The largest absolute Gasteiger partial charge is 0.0654 e. The van der Waals surface area contributed by atoms with Gasteiger partial charge in [-0.3, -0.25) is 0 Å². The Morgan fingerprint density at radius 2 is 0.568 bits per heavy atom. The molecule has 1 heteroatoms. The van der Waals surface area contributed by atoms with E-state index in [1.807, 2.05) is 0 Å². The predicted octanol–water partition coefficient (Wildman–Crippen LogP) is 11.9. The molecule has 0 amide bonds. The molecule has 37 heavy (non-hydrogen) atoms. The third kappa shape index (κ3) is 26.0. The van der Waals surface area contributed by atoms with Crippen LogP contribution in [0.3, 0.4) is 0 Å². The molecule has 206 valence electrons. The van der Waals surface area contributed by atoms with E-state index in [1.54, 1.807) is 0 Å². The van der Waals surface area contributed by atoms with Gasteiger partial charge >= 0.3 is 0 Å². The summed E-state index contributed by atoms with van der Waals surface area (Å²) in [5, 5.41) is 0. The van der Waals surface area contributed by atoms with Crippen molar-refractivity contribution in [1.82, 2.24) is 0 Å². The van der Waals surface area contributed by atoms with Gasteiger partial charge in [0.1, 0.15) is 0 Å². The van der Waals surface area contributed by atoms with Crippen molar-refractivity contribution >= 4 is 48.9 Å². The van der Waals surface area contributed by atoms with Gasteiger partial charge in [0.15, 0.2) is 0 Å². The third-order valence-corrected chi connectivity index (χ3v) is 7.32. The summed E-state index contributed by atoms with van der Waals surface area (Å²) < 4.78 is 0. The summed E-state index contributed by atoms with van der Waals surface area (Å²) in [4.78, 5) is 0. The number of rotatable bonds is 22. The molecule has 0 heterocycles. The van der Waals surface area contributed by atoms with E-state index >= 15 is 0 Å². The Bertz CT molecular complexity index is 591. The molecule has 2 radical (unpaired) electrons. The smallest absolute Gasteiger partial charge is 0 e. The molecular formula is C36H60Ba. The summed E-state index contributed by atoms with van der Waals surface area (Å²) in [6.07, 6.45) is 31.0.